The monoisotopic (exact) mass is 350 g/mol. The quantitative estimate of drug-likeness (QED) is 0.800. The van der Waals surface area contributed by atoms with Crippen LogP contribution in [0.3, 0.4) is 0 Å². The molecule has 0 aromatic heterocycles. The van der Waals surface area contributed by atoms with Crippen molar-refractivity contribution < 1.29 is 13.5 Å². The summed E-state index contributed by atoms with van der Waals surface area (Å²) >= 11 is 5.85. The number of aliphatic hydroxyl groups is 1. The molecule has 23 heavy (non-hydrogen) atoms. The maximum absolute atomic E-state index is 12.6. The molecule has 2 aromatic carbocycles. The van der Waals surface area contributed by atoms with E-state index < -0.39 is 21.4 Å². The van der Waals surface area contributed by atoms with Crippen LogP contribution in [0.15, 0.2) is 72.1 Å². The zero-order valence-corrected chi connectivity index (χ0v) is 14.4. The molecule has 3 nitrogen and oxygen atoms in total. The second-order valence-corrected chi connectivity index (χ2v) is 8.16. The van der Waals surface area contributed by atoms with E-state index in [2.05, 4.69) is 6.58 Å². The Bertz CT molecular complexity index is 770. The van der Waals surface area contributed by atoms with Crippen LogP contribution in [0.5, 0.6) is 0 Å². The van der Waals surface area contributed by atoms with Crippen molar-refractivity contribution in [2.75, 3.05) is 5.75 Å². The summed E-state index contributed by atoms with van der Waals surface area (Å²) in [5.74, 6) is -0.239. The topological polar surface area (TPSA) is 54.4 Å². The molecule has 0 saturated heterocycles. The number of hydrogen-bond donors (Lipinski definition) is 1. The van der Waals surface area contributed by atoms with E-state index in [1.807, 2.05) is 0 Å². The first-order valence-electron chi connectivity index (χ1n) is 7.13. The van der Waals surface area contributed by atoms with Gasteiger partial charge in [-0.25, -0.2) is 8.42 Å². The lowest BCUT2D eigenvalue weighted by molar-refractivity contribution is 0.0840. The van der Waals surface area contributed by atoms with Crippen molar-refractivity contribution >= 4 is 21.4 Å². The molecule has 2 unspecified atom stereocenters. The predicted molar refractivity (Wildman–Crippen MR) is 93.2 cm³/mol. The highest BCUT2D eigenvalue weighted by atomic mass is 35.5. The van der Waals surface area contributed by atoms with E-state index in [1.54, 1.807) is 61.5 Å². The predicted octanol–water partition coefficient (Wildman–Crippen LogP) is 4.04. The fourth-order valence-corrected chi connectivity index (χ4v) is 4.35. The lowest BCUT2D eigenvalue weighted by atomic mass is 9.82. The summed E-state index contributed by atoms with van der Waals surface area (Å²) in [7, 11) is -3.55. The van der Waals surface area contributed by atoms with E-state index in [-0.39, 0.29) is 10.6 Å². The molecule has 0 aliphatic rings. The van der Waals surface area contributed by atoms with Crippen LogP contribution in [-0.4, -0.2) is 19.3 Å². The highest BCUT2D eigenvalue weighted by Gasteiger charge is 2.36. The lowest BCUT2D eigenvalue weighted by Crippen LogP contribution is -2.31. The Hall–Kier alpha value is -1.62. The molecule has 0 amide bonds. The number of halogens is 1. The Morgan fingerprint density at radius 3 is 2.26 bits per heavy atom. The molecule has 0 fully saturated rings. The first-order valence-corrected chi connectivity index (χ1v) is 9.16. The van der Waals surface area contributed by atoms with E-state index >= 15 is 0 Å². The lowest BCUT2D eigenvalue weighted by Gasteiger charge is -2.31. The van der Waals surface area contributed by atoms with Gasteiger partial charge in [-0.15, -0.1) is 6.58 Å². The molecule has 0 saturated carbocycles. The van der Waals surface area contributed by atoms with Crippen LogP contribution in [0.2, 0.25) is 5.02 Å². The zero-order chi connectivity index (χ0) is 17.1. The molecule has 1 N–H and O–H groups in total. The van der Waals surface area contributed by atoms with Gasteiger partial charge in [0.1, 0.15) is 0 Å². The molecule has 2 rings (SSSR count). The van der Waals surface area contributed by atoms with Crippen molar-refractivity contribution in [3.8, 4) is 0 Å². The van der Waals surface area contributed by atoms with Crippen molar-refractivity contribution in [3.05, 3.63) is 77.8 Å². The minimum absolute atomic E-state index is 0.233. The fraction of sp³-hybridized carbons (Fsp3) is 0.222. The molecule has 2 atom stereocenters. The van der Waals surface area contributed by atoms with Crippen molar-refractivity contribution in [2.24, 2.45) is 5.41 Å². The van der Waals surface area contributed by atoms with Gasteiger partial charge in [-0.2, -0.15) is 0 Å². The fourth-order valence-electron chi connectivity index (χ4n) is 2.40. The summed E-state index contributed by atoms with van der Waals surface area (Å²) in [4.78, 5) is 0.233. The summed E-state index contributed by atoms with van der Waals surface area (Å²) < 4.78 is 25.2. The van der Waals surface area contributed by atoms with Crippen LogP contribution < -0.4 is 0 Å². The summed E-state index contributed by atoms with van der Waals surface area (Å²) in [6.45, 7) is 5.40. The normalized spacial score (nSPS) is 15.6. The third-order valence-electron chi connectivity index (χ3n) is 3.88. The van der Waals surface area contributed by atoms with Gasteiger partial charge < -0.3 is 5.11 Å². The van der Waals surface area contributed by atoms with Crippen molar-refractivity contribution in [1.82, 2.24) is 0 Å². The largest absolute Gasteiger partial charge is 0.387 e. The zero-order valence-electron chi connectivity index (χ0n) is 12.8. The number of aliphatic hydroxyl groups excluding tert-OH is 1. The van der Waals surface area contributed by atoms with Crippen LogP contribution >= 0.6 is 11.6 Å². The second-order valence-electron chi connectivity index (χ2n) is 5.74. The van der Waals surface area contributed by atoms with E-state index in [9.17, 15) is 13.5 Å². The van der Waals surface area contributed by atoms with Gasteiger partial charge in [0.15, 0.2) is 9.84 Å². The maximum atomic E-state index is 12.6. The van der Waals surface area contributed by atoms with Gasteiger partial charge in [-0.1, -0.05) is 54.9 Å². The molecule has 0 heterocycles. The Labute approximate surface area is 142 Å². The highest BCUT2D eigenvalue weighted by Crippen LogP contribution is 2.37. The summed E-state index contributed by atoms with van der Waals surface area (Å²) in [5, 5.41) is 11.2. The third kappa shape index (κ3) is 4.02. The van der Waals surface area contributed by atoms with Crippen LogP contribution in [0.1, 0.15) is 18.6 Å². The molecule has 0 aliphatic carbocycles. The molecule has 0 bridgehead atoms. The van der Waals surface area contributed by atoms with Gasteiger partial charge in [0.2, 0.25) is 0 Å². The minimum Gasteiger partial charge on any atom is -0.387 e. The summed E-state index contributed by atoms with van der Waals surface area (Å²) in [5.41, 5.74) is -0.428. The van der Waals surface area contributed by atoms with Crippen molar-refractivity contribution in [3.63, 3.8) is 0 Å². The van der Waals surface area contributed by atoms with E-state index in [0.29, 0.717) is 10.6 Å². The second kappa shape index (κ2) is 6.87. The van der Waals surface area contributed by atoms with Crippen molar-refractivity contribution in [1.29, 1.82) is 0 Å². The summed E-state index contributed by atoms with van der Waals surface area (Å²) in [6.07, 6.45) is 0.489. The van der Waals surface area contributed by atoms with E-state index in [4.69, 9.17) is 11.6 Å². The average molecular weight is 351 g/mol. The molecule has 0 radical (unpaired) electrons. The molecular formula is C18H19ClO3S. The average Bonchev–Trinajstić information content (AvgIpc) is 2.55. The minimum atomic E-state index is -3.55. The molecular weight excluding hydrogens is 332 g/mol. The number of hydrogen-bond acceptors (Lipinski definition) is 3. The number of sulfone groups is 1. The van der Waals surface area contributed by atoms with Gasteiger partial charge >= 0.3 is 0 Å². The number of rotatable bonds is 6. The van der Waals surface area contributed by atoms with Crippen LogP contribution in [0, 0.1) is 5.41 Å². The Morgan fingerprint density at radius 2 is 1.74 bits per heavy atom. The highest BCUT2D eigenvalue weighted by molar-refractivity contribution is 7.91. The first-order chi connectivity index (χ1) is 10.8. The standard InChI is InChI=1S/C18H19ClO3S/c1-3-18(2,17(20)14-9-11-15(19)12-10-14)13-23(21,22)16-7-5-4-6-8-16/h3-12,17,20H,1,13H2,2H3. The molecule has 122 valence electrons. The van der Waals surface area contributed by atoms with Gasteiger partial charge in [0, 0.05) is 10.4 Å². The Morgan fingerprint density at radius 1 is 1.17 bits per heavy atom. The maximum Gasteiger partial charge on any atom is 0.179 e. The molecule has 2 aromatic rings. The van der Waals surface area contributed by atoms with Crippen LogP contribution in [0.4, 0.5) is 0 Å². The van der Waals surface area contributed by atoms with Gasteiger partial charge in [-0.05, 0) is 29.8 Å². The van der Waals surface area contributed by atoms with Gasteiger partial charge in [0.05, 0.1) is 16.8 Å². The van der Waals surface area contributed by atoms with Crippen LogP contribution in [-0.2, 0) is 9.84 Å². The number of benzene rings is 2. The molecule has 0 spiro atoms. The molecule has 5 heteroatoms. The Kier molecular flexibility index (Phi) is 5.30. The summed E-state index contributed by atoms with van der Waals surface area (Å²) in [6, 6.07) is 14.9. The molecule has 0 aliphatic heterocycles. The Balaban J connectivity index is 2.33. The third-order valence-corrected chi connectivity index (χ3v) is 6.12. The van der Waals surface area contributed by atoms with Gasteiger partial charge in [-0.3, -0.25) is 0 Å². The SMILES string of the molecule is C=CC(C)(CS(=O)(=O)c1ccccc1)C(O)c1ccc(Cl)cc1. The first kappa shape index (κ1) is 17.7. The van der Waals surface area contributed by atoms with Crippen LogP contribution in [0.25, 0.3) is 0 Å². The van der Waals surface area contributed by atoms with E-state index in [1.165, 1.54) is 6.08 Å². The van der Waals surface area contributed by atoms with Gasteiger partial charge in [0.25, 0.3) is 0 Å². The van der Waals surface area contributed by atoms with E-state index in [0.717, 1.165) is 0 Å². The van der Waals surface area contributed by atoms with Crippen molar-refractivity contribution in [2.45, 2.75) is 17.9 Å². The smallest absolute Gasteiger partial charge is 0.179 e.